The molecule has 10 heteroatoms. The van der Waals surface area contributed by atoms with Gasteiger partial charge in [-0.3, -0.25) is 5.41 Å². The third-order valence-electron chi connectivity index (χ3n) is 9.18. The maximum absolute atomic E-state index is 13.2. The molecule has 2 aliphatic rings. The zero-order chi connectivity index (χ0) is 38.8. The average Bonchev–Trinajstić information content (AvgIpc) is 3.17. The van der Waals surface area contributed by atoms with Gasteiger partial charge in [0.15, 0.2) is 0 Å². The van der Waals surface area contributed by atoms with E-state index in [1.54, 1.807) is 18.1 Å². The van der Waals surface area contributed by atoms with E-state index in [0.717, 1.165) is 41.0 Å². The molecule has 284 valence electrons. The summed E-state index contributed by atoms with van der Waals surface area (Å²) in [7, 11) is 1.57. The lowest BCUT2D eigenvalue weighted by Crippen LogP contribution is -2.47. The summed E-state index contributed by atoms with van der Waals surface area (Å²) >= 11 is 0. The molecule has 0 saturated carbocycles. The van der Waals surface area contributed by atoms with E-state index in [1.807, 2.05) is 106 Å². The highest BCUT2D eigenvalue weighted by molar-refractivity contribution is 6.17. The number of allylic oxidation sites excluding steroid dienone is 1. The van der Waals surface area contributed by atoms with Gasteiger partial charge in [-0.25, -0.2) is 9.78 Å². The minimum absolute atomic E-state index is 0.115. The maximum Gasteiger partial charge on any atom is 0.410 e. The summed E-state index contributed by atoms with van der Waals surface area (Å²) in [6.45, 7) is 6.98. The van der Waals surface area contributed by atoms with Crippen LogP contribution in [0.4, 0.5) is 16.3 Å². The van der Waals surface area contributed by atoms with Crippen molar-refractivity contribution in [3.05, 3.63) is 137 Å². The highest BCUT2D eigenvalue weighted by Crippen LogP contribution is 2.34. The lowest BCUT2D eigenvalue weighted by atomic mass is 9.94. The lowest BCUT2D eigenvalue weighted by molar-refractivity contribution is 0.0206. The van der Waals surface area contributed by atoms with E-state index in [1.165, 1.54) is 0 Å². The highest BCUT2D eigenvalue weighted by Gasteiger charge is 2.30. The van der Waals surface area contributed by atoms with Crippen LogP contribution in [0.2, 0.25) is 0 Å². The Labute approximate surface area is 323 Å². The summed E-state index contributed by atoms with van der Waals surface area (Å²) in [5.41, 5.74) is 4.50. The second-order valence-corrected chi connectivity index (χ2v) is 14.6. The number of amides is 1. The van der Waals surface area contributed by atoms with Gasteiger partial charge in [-0.1, -0.05) is 66.4 Å². The number of aromatic nitrogens is 1. The van der Waals surface area contributed by atoms with Crippen molar-refractivity contribution in [1.29, 1.82) is 5.41 Å². The number of likely N-dealkylation sites (tertiary alicyclic amines) is 1. The van der Waals surface area contributed by atoms with Gasteiger partial charge in [0, 0.05) is 55.9 Å². The predicted molar refractivity (Wildman–Crippen MR) is 217 cm³/mol. The van der Waals surface area contributed by atoms with Crippen molar-refractivity contribution in [2.45, 2.75) is 64.2 Å². The average molecular weight is 740 g/mol. The molecule has 0 spiro atoms. The summed E-state index contributed by atoms with van der Waals surface area (Å²) in [6.07, 6.45) is 6.76. The Bertz CT molecular complexity index is 2080. The number of methoxy groups -OCH3 is 1. The topological polar surface area (TPSA) is 129 Å². The smallest absolute Gasteiger partial charge is 0.410 e. The largest absolute Gasteiger partial charge is 0.497 e. The van der Waals surface area contributed by atoms with E-state index in [9.17, 15) is 15.3 Å². The number of aliphatic hydroxyl groups is 1. The molecule has 55 heavy (non-hydrogen) atoms. The molecule has 0 bridgehead atoms. The van der Waals surface area contributed by atoms with Crippen LogP contribution in [0, 0.1) is 17.3 Å². The third kappa shape index (κ3) is 10.6. The Kier molecular flexibility index (Phi) is 12.5. The van der Waals surface area contributed by atoms with Gasteiger partial charge in [-0.2, -0.15) is 0 Å². The van der Waals surface area contributed by atoms with Gasteiger partial charge in [0.05, 0.1) is 24.1 Å². The fraction of sp³-hybridized carbons (Fsp3) is 0.311. The Morgan fingerprint density at radius 1 is 1.02 bits per heavy atom. The van der Waals surface area contributed by atoms with Crippen LogP contribution in [-0.4, -0.2) is 71.3 Å². The SMILES string of the molecule is COC1=C/C(O)C#CC/C=C\1CNc1ncc(Cc2ccccc2)c(NC2CCCN(C(=O)OC(C)(C)C)C2)c1C(=N)c1ccc(Oc2ccccc2)cc1. The van der Waals surface area contributed by atoms with E-state index >= 15 is 0 Å². The van der Waals surface area contributed by atoms with Crippen LogP contribution in [0.3, 0.4) is 0 Å². The fourth-order valence-electron chi connectivity index (χ4n) is 6.56. The number of carbonyl (C=O) groups excluding carboxylic acids is 1. The van der Waals surface area contributed by atoms with Crippen molar-refractivity contribution >= 4 is 23.3 Å². The van der Waals surface area contributed by atoms with Gasteiger partial charge in [0.1, 0.15) is 34.8 Å². The van der Waals surface area contributed by atoms with E-state index in [-0.39, 0.29) is 17.8 Å². The molecule has 1 fully saturated rings. The first-order chi connectivity index (χ1) is 26.6. The number of anilines is 2. The van der Waals surface area contributed by atoms with Gasteiger partial charge in [0.2, 0.25) is 0 Å². The molecule has 2 unspecified atom stereocenters. The van der Waals surface area contributed by atoms with Crippen LogP contribution in [-0.2, 0) is 15.9 Å². The fourth-order valence-corrected chi connectivity index (χ4v) is 6.56. The number of pyridine rings is 1. The van der Waals surface area contributed by atoms with Crippen LogP contribution < -0.4 is 15.4 Å². The number of nitrogens with zero attached hydrogens (tertiary/aromatic N) is 2. The minimum atomic E-state index is -0.946. The molecule has 1 aromatic heterocycles. The van der Waals surface area contributed by atoms with Crippen molar-refractivity contribution in [2.24, 2.45) is 0 Å². The molecule has 1 saturated heterocycles. The van der Waals surface area contributed by atoms with Gasteiger partial charge in [-0.15, -0.1) is 0 Å². The van der Waals surface area contributed by atoms with E-state index < -0.39 is 11.7 Å². The lowest BCUT2D eigenvalue weighted by Gasteiger charge is -2.35. The highest BCUT2D eigenvalue weighted by atomic mass is 16.6. The van der Waals surface area contributed by atoms with Crippen LogP contribution in [0.1, 0.15) is 62.3 Å². The molecule has 1 aliphatic carbocycles. The molecule has 4 N–H and O–H groups in total. The molecule has 2 atom stereocenters. The van der Waals surface area contributed by atoms with Crippen LogP contribution in [0.5, 0.6) is 11.5 Å². The molecular formula is C45H49N5O5. The predicted octanol–water partition coefficient (Wildman–Crippen LogP) is 8.33. The number of ether oxygens (including phenoxy) is 3. The third-order valence-corrected chi connectivity index (χ3v) is 9.18. The first-order valence-corrected chi connectivity index (χ1v) is 18.6. The normalized spacial score (nSPS) is 18.8. The van der Waals surface area contributed by atoms with Gasteiger partial charge >= 0.3 is 6.09 Å². The number of hydrogen-bond acceptors (Lipinski definition) is 9. The van der Waals surface area contributed by atoms with Crippen molar-refractivity contribution < 1.29 is 24.1 Å². The minimum Gasteiger partial charge on any atom is -0.497 e. The van der Waals surface area contributed by atoms with Gasteiger partial charge < -0.3 is 34.9 Å². The first kappa shape index (κ1) is 38.7. The Hall–Kier alpha value is -6.05. The number of aliphatic hydroxyl groups excluding tert-OH is 1. The molecule has 6 rings (SSSR count). The number of benzene rings is 3. The van der Waals surface area contributed by atoms with Gasteiger partial charge in [0.25, 0.3) is 0 Å². The molecule has 10 nitrogen and oxygen atoms in total. The molecule has 0 radical (unpaired) electrons. The summed E-state index contributed by atoms with van der Waals surface area (Å²) in [6, 6.07) is 27.1. The second-order valence-electron chi connectivity index (χ2n) is 14.6. The van der Waals surface area contributed by atoms with Crippen molar-refractivity contribution in [3.63, 3.8) is 0 Å². The number of piperidine rings is 1. The van der Waals surface area contributed by atoms with E-state index in [2.05, 4.69) is 34.6 Å². The summed E-state index contributed by atoms with van der Waals surface area (Å²) < 4.78 is 17.5. The zero-order valence-electron chi connectivity index (χ0n) is 31.9. The molecule has 3 aromatic carbocycles. The van der Waals surface area contributed by atoms with Crippen LogP contribution in [0.15, 0.2) is 115 Å². The summed E-state index contributed by atoms with van der Waals surface area (Å²) in [5.74, 6) is 8.16. The molecule has 1 amide bonds. The summed E-state index contributed by atoms with van der Waals surface area (Å²) in [4.78, 5) is 19.9. The standard InChI is InChI=1S/C45H49N5O5/c1-45(2,3)55-44(52)50-25-13-17-35(30-50)49-42-34(26-31-14-7-5-8-15-31)29-48-43(47-28-33-16-11-12-18-36(51)27-39(33)53-4)40(42)41(46)32-21-23-38(24-22-32)54-37-19-9-6-10-20-37/h5-10,14-16,19-24,27,29,35-36,46,51H,11,13,17,25-26,28,30H2,1-4H3,(H2,47,48,49)/b33-16-,39-27+,46-41?. The monoisotopic (exact) mass is 739 g/mol. The van der Waals surface area contributed by atoms with E-state index in [4.69, 9.17) is 19.2 Å². The van der Waals surface area contributed by atoms with Crippen LogP contribution in [0.25, 0.3) is 0 Å². The number of rotatable bonds is 12. The Morgan fingerprint density at radius 3 is 2.44 bits per heavy atom. The number of hydrogen-bond donors (Lipinski definition) is 4. The van der Waals surface area contributed by atoms with Gasteiger partial charge in [-0.05, 0) is 87.2 Å². The summed E-state index contributed by atoms with van der Waals surface area (Å²) in [5, 5.41) is 27.4. The second kappa shape index (κ2) is 17.9. The number of nitrogens with one attached hydrogen (secondary N) is 3. The van der Waals surface area contributed by atoms with Crippen LogP contribution >= 0.6 is 0 Å². The Balaban J connectivity index is 1.40. The maximum atomic E-state index is 13.2. The Morgan fingerprint density at radius 2 is 1.73 bits per heavy atom. The molecule has 2 heterocycles. The van der Waals surface area contributed by atoms with E-state index in [0.29, 0.717) is 60.9 Å². The first-order valence-electron chi connectivity index (χ1n) is 18.6. The van der Waals surface area contributed by atoms with Crippen molar-refractivity contribution in [1.82, 2.24) is 9.88 Å². The number of para-hydroxylation sites is 1. The molecule has 1 aliphatic heterocycles. The molecular weight excluding hydrogens is 691 g/mol. The zero-order valence-corrected chi connectivity index (χ0v) is 31.9. The molecule has 4 aromatic rings. The van der Waals surface area contributed by atoms with Crippen molar-refractivity contribution in [3.8, 4) is 23.3 Å². The van der Waals surface area contributed by atoms with Crippen molar-refractivity contribution in [2.75, 3.05) is 37.4 Å². The quantitative estimate of drug-likeness (QED) is 0.0844. The number of carbonyl (C=O) groups is 1.